The number of aliphatic carboxylic acids is 1. The predicted molar refractivity (Wildman–Crippen MR) is 96.3 cm³/mol. The van der Waals surface area contributed by atoms with Gasteiger partial charge < -0.3 is 10.4 Å². The van der Waals surface area contributed by atoms with Crippen LogP contribution in [0.15, 0.2) is 54.6 Å². The fourth-order valence-corrected chi connectivity index (χ4v) is 3.51. The highest BCUT2D eigenvalue weighted by Gasteiger charge is 2.24. The zero-order valence-electron chi connectivity index (χ0n) is 14.2. The van der Waals surface area contributed by atoms with Gasteiger partial charge in [0.2, 0.25) is 5.91 Å². The molecule has 1 amide bonds. The zero-order valence-corrected chi connectivity index (χ0v) is 14.2. The third kappa shape index (κ3) is 4.69. The van der Waals surface area contributed by atoms with Gasteiger partial charge in [0.05, 0.1) is 0 Å². The molecule has 130 valence electrons. The van der Waals surface area contributed by atoms with E-state index in [0.717, 1.165) is 24.8 Å². The Morgan fingerprint density at radius 3 is 2.44 bits per heavy atom. The van der Waals surface area contributed by atoms with Gasteiger partial charge in [0.15, 0.2) is 0 Å². The van der Waals surface area contributed by atoms with Gasteiger partial charge in [0.1, 0.15) is 6.04 Å². The topological polar surface area (TPSA) is 66.4 Å². The highest BCUT2D eigenvalue weighted by Crippen LogP contribution is 2.27. The highest BCUT2D eigenvalue weighted by atomic mass is 16.4. The molecular formula is C21H23NO3. The zero-order chi connectivity index (χ0) is 17.6. The monoisotopic (exact) mass is 337 g/mol. The number of fused-ring (bicyclic) bond motifs is 1. The third-order valence-electron chi connectivity index (χ3n) is 4.84. The van der Waals surface area contributed by atoms with E-state index < -0.39 is 12.0 Å². The minimum absolute atomic E-state index is 0.173. The molecule has 0 saturated carbocycles. The van der Waals surface area contributed by atoms with Crippen molar-refractivity contribution in [1.82, 2.24) is 5.32 Å². The summed E-state index contributed by atoms with van der Waals surface area (Å²) in [6, 6.07) is 16.8. The number of carbonyl (C=O) groups is 2. The Balaban J connectivity index is 1.56. The van der Waals surface area contributed by atoms with Crippen LogP contribution in [0.5, 0.6) is 0 Å². The molecule has 2 unspecified atom stereocenters. The highest BCUT2D eigenvalue weighted by molar-refractivity contribution is 5.83. The fraction of sp³-hybridized carbons (Fsp3) is 0.333. The van der Waals surface area contributed by atoms with Crippen LogP contribution in [0.1, 0.15) is 29.5 Å². The molecule has 1 aliphatic carbocycles. The van der Waals surface area contributed by atoms with Crippen molar-refractivity contribution in [3.8, 4) is 0 Å². The lowest BCUT2D eigenvalue weighted by Gasteiger charge is -2.24. The van der Waals surface area contributed by atoms with Crippen LogP contribution in [0.25, 0.3) is 0 Å². The second kappa shape index (κ2) is 7.97. The summed E-state index contributed by atoms with van der Waals surface area (Å²) in [6.45, 7) is 0. The lowest BCUT2D eigenvalue weighted by molar-refractivity contribution is -0.141. The SMILES string of the molecule is O=C(CC1CCc2ccccc2C1)NC(Cc1ccccc1)C(=O)O. The first-order valence-electron chi connectivity index (χ1n) is 8.74. The van der Waals surface area contributed by atoms with E-state index in [-0.39, 0.29) is 11.8 Å². The van der Waals surface area contributed by atoms with Crippen molar-refractivity contribution in [2.24, 2.45) is 5.92 Å². The summed E-state index contributed by atoms with van der Waals surface area (Å²) in [5.74, 6) is -0.889. The van der Waals surface area contributed by atoms with E-state index in [9.17, 15) is 14.7 Å². The Kier molecular flexibility index (Phi) is 5.49. The maximum absolute atomic E-state index is 12.4. The molecule has 2 N–H and O–H groups in total. The van der Waals surface area contributed by atoms with Crippen molar-refractivity contribution in [2.75, 3.05) is 0 Å². The van der Waals surface area contributed by atoms with Gasteiger partial charge in [-0.15, -0.1) is 0 Å². The summed E-state index contributed by atoms with van der Waals surface area (Å²) in [5.41, 5.74) is 3.58. The maximum Gasteiger partial charge on any atom is 0.326 e. The minimum Gasteiger partial charge on any atom is -0.480 e. The number of carbonyl (C=O) groups excluding carboxylic acids is 1. The summed E-state index contributed by atoms with van der Waals surface area (Å²) in [7, 11) is 0. The summed E-state index contributed by atoms with van der Waals surface area (Å²) in [6.07, 6.45) is 3.53. The van der Waals surface area contributed by atoms with Crippen molar-refractivity contribution in [3.63, 3.8) is 0 Å². The molecule has 0 radical (unpaired) electrons. The minimum atomic E-state index is -0.994. The molecule has 4 heteroatoms. The normalized spacial score (nSPS) is 17.4. The lowest BCUT2D eigenvalue weighted by atomic mass is 9.82. The van der Waals surface area contributed by atoms with Gasteiger partial charge in [-0.05, 0) is 41.9 Å². The molecule has 0 saturated heterocycles. The summed E-state index contributed by atoms with van der Waals surface area (Å²) >= 11 is 0. The number of carboxylic acid groups (broad SMARTS) is 1. The Morgan fingerprint density at radius 1 is 1.04 bits per heavy atom. The molecule has 0 aliphatic heterocycles. The molecule has 0 spiro atoms. The quantitative estimate of drug-likeness (QED) is 0.851. The van der Waals surface area contributed by atoms with Crippen molar-refractivity contribution in [1.29, 1.82) is 0 Å². The molecule has 2 atom stereocenters. The smallest absolute Gasteiger partial charge is 0.326 e. The number of rotatable bonds is 6. The predicted octanol–water partition coefficient (Wildman–Crippen LogP) is 2.99. The van der Waals surface area contributed by atoms with Crippen LogP contribution < -0.4 is 5.32 Å². The van der Waals surface area contributed by atoms with Crippen molar-refractivity contribution in [2.45, 2.75) is 38.1 Å². The van der Waals surface area contributed by atoms with E-state index in [0.29, 0.717) is 12.8 Å². The molecule has 4 nitrogen and oxygen atoms in total. The van der Waals surface area contributed by atoms with Crippen molar-refractivity contribution < 1.29 is 14.7 Å². The van der Waals surface area contributed by atoms with E-state index in [4.69, 9.17) is 0 Å². The van der Waals surface area contributed by atoms with E-state index in [1.165, 1.54) is 11.1 Å². The van der Waals surface area contributed by atoms with Crippen LogP contribution in [0, 0.1) is 5.92 Å². The van der Waals surface area contributed by atoms with E-state index in [2.05, 4.69) is 17.4 Å². The summed E-state index contributed by atoms with van der Waals surface area (Å²) in [5, 5.41) is 12.1. The average Bonchev–Trinajstić information content (AvgIpc) is 2.62. The van der Waals surface area contributed by atoms with Crippen LogP contribution in [0.3, 0.4) is 0 Å². The van der Waals surface area contributed by atoms with Gasteiger partial charge in [0, 0.05) is 12.8 Å². The van der Waals surface area contributed by atoms with Crippen LogP contribution in [0.2, 0.25) is 0 Å². The van der Waals surface area contributed by atoms with Gasteiger partial charge in [-0.25, -0.2) is 4.79 Å². The lowest BCUT2D eigenvalue weighted by Crippen LogP contribution is -2.43. The second-order valence-corrected chi connectivity index (χ2v) is 6.73. The number of aryl methyl sites for hydroxylation is 1. The molecular weight excluding hydrogens is 314 g/mol. The molecule has 25 heavy (non-hydrogen) atoms. The van der Waals surface area contributed by atoms with Gasteiger partial charge in [-0.1, -0.05) is 54.6 Å². The Labute approximate surface area is 147 Å². The second-order valence-electron chi connectivity index (χ2n) is 6.73. The number of benzene rings is 2. The molecule has 0 fully saturated rings. The van der Waals surface area contributed by atoms with E-state index >= 15 is 0 Å². The fourth-order valence-electron chi connectivity index (χ4n) is 3.51. The Hall–Kier alpha value is -2.62. The molecule has 2 aromatic rings. The van der Waals surface area contributed by atoms with Crippen LogP contribution in [-0.4, -0.2) is 23.0 Å². The molecule has 2 aromatic carbocycles. The van der Waals surface area contributed by atoms with Crippen LogP contribution in [0.4, 0.5) is 0 Å². The molecule has 0 bridgehead atoms. The first kappa shape index (κ1) is 17.2. The molecule has 1 aliphatic rings. The number of nitrogens with one attached hydrogen (secondary N) is 1. The maximum atomic E-state index is 12.4. The number of carboxylic acids is 1. The first-order chi connectivity index (χ1) is 12.1. The van der Waals surface area contributed by atoms with Gasteiger partial charge in [0.25, 0.3) is 0 Å². The molecule has 3 rings (SSSR count). The van der Waals surface area contributed by atoms with Crippen molar-refractivity contribution >= 4 is 11.9 Å². The largest absolute Gasteiger partial charge is 0.480 e. The van der Waals surface area contributed by atoms with Crippen LogP contribution >= 0.6 is 0 Å². The standard InChI is InChI=1S/C21H23NO3/c23-20(14-16-10-11-17-8-4-5-9-18(17)12-16)22-19(21(24)25)13-15-6-2-1-3-7-15/h1-9,16,19H,10-14H2,(H,22,23)(H,24,25). The molecule has 0 heterocycles. The van der Waals surface area contributed by atoms with Crippen molar-refractivity contribution in [3.05, 3.63) is 71.3 Å². The third-order valence-corrected chi connectivity index (χ3v) is 4.84. The van der Waals surface area contributed by atoms with Gasteiger partial charge in [-0.3, -0.25) is 4.79 Å². The first-order valence-corrected chi connectivity index (χ1v) is 8.74. The number of amides is 1. The number of hydrogen-bond donors (Lipinski definition) is 2. The Bertz CT molecular complexity index is 742. The molecule has 0 aromatic heterocycles. The summed E-state index contributed by atoms with van der Waals surface area (Å²) in [4.78, 5) is 23.8. The van der Waals surface area contributed by atoms with E-state index in [1.54, 1.807) is 0 Å². The summed E-state index contributed by atoms with van der Waals surface area (Å²) < 4.78 is 0. The van der Waals surface area contributed by atoms with Gasteiger partial charge >= 0.3 is 5.97 Å². The van der Waals surface area contributed by atoms with Gasteiger partial charge in [-0.2, -0.15) is 0 Å². The number of hydrogen-bond acceptors (Lipinski definition) is 2. The van der Waals surface area contributed by atoms with Crippen LogP contribution in [-0.2, 0) is 28.9 Å². The Morgan fingerprint density at radius 2 is 1.72 bits per heavy atom. The average molecular weight is 337 g/mol. The van der Waals surface area contributed by atoms with E-state index in [1.807, 2.05) is 42.5 Å².